The summed E-state index contributed by atoms with van der Waals surface area (Å²) in [5.74, 6) is 0. The van der Waals surface area contributed by atoms with Gasteiger partial charge in [-0.2, -0.15) is 8.42 Å². The maximum absolute atomic E-state index is 12.3. The number of anilines is 1. The summed E-state index contributed by atoms with van der Waals surface area (Å²) >= 11 is 0. The number of fused-ring (bicyclic) bond motifs is 1. The molecule has 1 aliphatic heterocycles. The molecule has 1 aliphatic rings. The van der Waals surface area contributed by atoms with Crippen LogP contribution in [0.4, 0.5) is 5.69 Å². The molecular formula is C14H16BN3O3S. The molecule has 0 amide bonds. The number of hydrogen-bond donors (Lipinski definition) is 2. The first kappa shape index (κ1) is 15.0. The van der Waals surface area contributed by atoms with E-state index in [2.05, 4.69) is 9.71 Å². The number of nitrogens with one attached hydrogen (secondary N) is 1. The van der Waals surface area contributed by atoms with Crippen LogP contribution in [0.2, 0.25) is 6.82 Å². The molecule has 0 bridgehead atoms. The largest absolute Gasteiger partial charge is 0.423 e. The Morgan fingerprint density at radius 2 is 2.18 bits per heavy atom. The van der Waals surface area contributed by atoms with Crippen LogP contribution in [0.3, 0.4) is 0 Å². The second-order valence-electron chi connectivity index (χ2n) is 5.12. The summed E-state index contributed by atoms with van der Waals surface area (Å²) in [5, 5.41) is -0.0142. The summed E-state index contributed by atoms with van der Waals surface area (Å²) in [6.45, 7) is 2.21. The topological polar surface area (TPSA) is 94.3 Å². The van der Waals surface area contributed by atoms with Crippen molar-refractivity contribution in [1.82, 2.24) is 4.98 Å². The Morgan fingerprint density at radius 1 is 1.36 bits per heavy atom. The number of rotatable bonds is 4. The predicted molar refractivity (Wildman–Crippen MR) is 85.6 cm³/mol. The Kier molecular flexibility index (Phi) is 3.90. The van der Waals surface area contributed by atoms with Crippen molar-refractivity contribution in [3.63, 3.8) is 0 Å². The molecule has 1 aromatic carbocycles. The Balaban J connectivity index is 1.90. The van der Waals surface area contributed by atoms with Crippen molar-refractivity contribution < 1.29 is 13.1 Å². The zero-order chi connectivity index (χ0) is 15.7. The van der Waals surface area contributed by atoms with E-state index in [-0.39, 0.29) is 18.0 Å². The van der Waals surface area contributed by atoms with Crippen molar-refractivity contribution in [2.75, 3.05) is 11.3 Å². The van der Waals surface area contributed by atoms with Gasteiger partial charge in [-0.25, -0.2) is 4.98 Å². The number of sulfonamides is 1. The molecule has 2 aromatic rings. The highest BCUT2D eigenvalue weighted by Crippen LogP contribution is 2.25. The van der Waals surface area contributed by atoms with Crippen molar-refractivity contribution in [1.29, 1.82) is 0 Å². The van der Waals surface area contributed by atoms with Crippen molar-refractivity contribution in [2.45, 2.75) is 18.0 Å². The molecule has 1 unspecified atom stereocenters. The van der Waals surface area contributed by atoms with Crippen LogP contribution < -0.4 is 15.9 Å². The number of hydrogen-bond acceptors (Lipinski definition) is 5. The molecule has 8 heteroatoms. The first-order valence-corrected chi connectivity index (χ1v) is 8.43. The Morgan fingerprint density at radius 3 is 2.86 bits per heavy atom. The minimum atomic E-state index is -3.69. The molecule has 0 radical (unpaired) electrons. The number of nitrogens with zero attached hydrogens (tertiary/aromatic N) is 1. The normalized spacial score (nSPS) is 17.4. The van der Waals surface area contributed by atoms with Gasteiger partial charge >= 0.3 is 6.92 Å². The third kappa shape index (κ3) is 2.72. The maximum atomic E-state index is 12.3. The molecule has 0 saturated carbocycles. The zero-order valence-corrected chi connectivity index (χ0v) is 12.9. The van der Waals surface area contributed by atoms with E-state index >= 15 is 0 Å². The Bertz CT molecular complexity index is 783. The van der Waals surface area contributed by atoms with E-state index in [1.807, 2.05) is 12.9 Å². The van der Waals surface area contributed by atoms with Crippen LogP contribution in [0.1, 0.15) is 11.7 Å². The van der Waals surface area contributed by atoms with E-state index in [0.29, 0.717) is 12.2 Å². The van der Waals surface area contributed by atoms with E-state index in [1.54, 1.807) is 24.3 Å². The van der Waals surface area contributed by atoms with Gasteiger partial charge < -0.3 is 10.4 Å². The number of benzene rings is 1. The van der Waals surface area contributed by atoms with Gasteiger partial charge in [0.25, 0.3) is 10.0 Å². The van der Waals surface area contributed by atoms with Crippen LogP contribution in [-0.4, -0.2) is 26.9 Å². The lowest BCUT2D eigenvalue weighted by atomic mass is 9.64. The van der Waals surface area contributed by atoms with Crippen molar-refractivity contribution in [3.8, 4) is 0 Å². The van der Waals surface area contributed by atoms with Crippen LogP contribution in [0.15, 0.2) is 47.6 Å². The molecule has 0 spiro atoms. The zero-order valence-electron chi connectivity index (χ0n) is 12.1. The van der Waals surface area contributed by atoms with E-state index in [0.717, 1.165) is 11.0 Å². The third-order valence-electron chi connectivity index (χ3n) is 3.62. The first-order valence-electron chi connectivity index (χ1n) is 6.94. The lowest BCUT2D eigenvalue weighted by molar-refractivity contribution is 0.235. The second kappa shape index (κ2) is 5.71. The van der Waals surface area contributed by atoms with Crippen molar-refractivity contribution in [3.05, 3.63) is 48.2 Å². The smallest absolute Gasteiger partial charge is 0.324 e. The molecule has 0 saturated heterocycles. The van der Waals surface area contributed by atoms with Crippen LogP contribution in [-0.2, 0) is 14.7 Å². The summed E-state index contributed by atoms with van der Waals surface area (Å²) in [4.78, 5) is 3.87. The van der Waals surface area contributed by atoms with Crippen molar-refractivity contribution in [2.24, 2.45) is 5.73 Å². The Hall–Kier alpha value is -1.90. The molecule has 6 nitrogen and oxygen atoms in total. The monoisotopic (exact) mass is 317 g/mol. The van der Waals surface area contributed by atoms with Gasteiger partial charge in [-0.1, -0.05) is 19.0 Å². The second-order valence-corrected chi connectivity index (χ2v) is 6.75. The number of nitrogens with two attached hydrogens (primary N) is 1. The quantitative estimate of drug-likeness (QED) is 0.811. The summed E-state index contributed by atoms with van der Waals surface area (Å²) in [7, 11) is -3.69. The average molecular weight is 317 g/mol. The maximum Gasteiger partial charge on any atom is 0.324 e. The minimum absolute atomic E-state index is 0.0142. The molecular weight excluding hydrogens is 301 g/mol. The van der Waals surface area contributed by atoms with Gasteiger partial charge in [-0.05, 0) is 35.3 Å². The molecule has 2 heterocycles. The Labute approximate surface area is 129 Å². The highest BCUT2D eigenvalue weighted by molar-refractivity contribution is 7.92. The highest BCUT2D eigenvalue weighted by atomic mass is 32.2. The summed E-state index contributed by atoms with van der Waals surface area (Å²) in [6.07, 6.45) is 1.31. The average Bonchev–Trinajstić information content (AvgIpc) is 2.84. The lowest BCUT2D eigenvalue weighted by Gasteiger charge is -2.11. The summed E-state index contributed by atoms with van der Waals surface area (Å²) in [6, 6.07) is 10.1. The highest BCUT2D eigenvalue weighted by Gasteiger charge is 2.31. The van der Waals surface area contributed by atoms with Gasteiger partial charge in [0, 0.05) is 18.4 Å². The van der Waals surface area contributed by atoms with Gasteiger partial charge in [-0.15, -0.1) is 0 Å². The fraction of sp³-hybridized carbons (Fsp3) is 0.214. The number of aromatic nitrogens is 1. The predicted octanol–water partition coefficient (Wildman–Crippen LogP) is 0.741. The van der Waals surface area contributed by atoms with Gasteiger partial charge in [0.05, 0.1) is 6.10 Å². The minimum Gasteiger partial charge on any atom is -0.423 e. The van der Waals surface area contributed by atoms with Gasteiger partial charge in [0.2, 0.25) is 0 Å². The first-order chi connectivity index (χ1) is 10.5. The summed E-state index contributed by atoms with van der Waals surface area (Å²) < 4.78 is 32.8. The fourth-order valence-corrected chi connectivity index (χ4v) is 3.57. The van der Waals surface area contributed by atoms with E-state index in [9.17, 15) is 8.42 Å². The van der Waals surface area contributed by atoms with E-state index in [1.165, 1.54) is 12.3 Å². The molecule has 3 rings (SSSR count). The fourth-order valence-electron chi connectivity index (χ4n) is 2.57. The van der Waals surface area contributed by atoms with Crippen molar-refractivity contribution >= 4 is 28.1 Å². The van der Waals surface area contributed by atoms with Gasteiger partial charge in [-0.3, -0.25) is 4.72 Å². The van der Waals surface area contributed by atoms with E-state index in [4.69, 9.17) is 10.4 Å². The molecule has 3 N–H and O–H groups in total. The molecule has 0 aliphatic carbocycles. The van der Waals surface area contributed by atoms with Crippen LogP contribution in [0.5, 0.6) is 0 Å². The third-order valence-corrected chi connectivity index (χ3v) is 4.92. The molecule has 114 valence electrons. The molecule has 1 atom stereocenters. The van der Waals surface area contributed by atoms with Gasteiger partial charge in [0.1, 0.15) is 0 Å². The SMILES string of the molecule is CB1OC(CN)c2ccc(NS(=O)(=O)c3ccccn3)cc21. The number of pyridine rings is 1. The molecule has 0 fully saturated rings. The van der Waals surface area contributed by atoms with Crippen LogP contribution in [0.25, 0.3) is 0 Å². The molecule has 22 heavy (non-hydrogen) atoms. The summed E-state index contributed by atoms with van der Waals surface area (Å²) in [5.41, 5.74) is 8.13. The van der Waals surface area contributed by atoms with Crippen LogP contribution >= 0.6 is 0 Å². The van der Waals surface area contributed by atoms with Gasteiger partial charge in [0.15, 0.2) is 5.03 Å². The molecule has 1 aromatic heterocycles. The van der Waals surface area contributed by atoms with E-state index < -0.39 is 10.0 Å². The lowest BCUT2D eigenvalue weighted by Crippen LogP contribution is -2.25. The van der Waals surface area contributed by atoms with Crippen LogP contribution in [0, 0.1) is 0 Å². The standard InChI is InChI=1S/C14H16BN3O3S/c1-15-12-8-10(5-6-11(12)13(9-16)21-15)18-22(19,20)14-4-2-3-7-17-14/h2-8,13,18H,9,16H2,1H3.